The van der Waals surface area contributed by atoms with E-state index in [0.717, 1.165) is 25.7 Å². The molecule has 1 aromatic heterocycles. The molecule has 0 saturated carbocycles. The Morgan fingerprint density at radius 3 is 2.50 bits per heavy atom. The number of benzene rings is 1. The fourth-order valence-corrected chi connectivity index (χ4v) is 4.29. The molecule has 0 radical (unpaired) electrons. The first-order valence-electron chi connectivity index (χ1n) is 8.74. The molecule has 2 aromatic rings. The predicted molar refractivity (Wildman–Crippen MR) is 95.0 cm³/mol. The van der Waals surface area contributed by atoms with E-state index in [0.29, 0.717) is 25.2 Å². The number of piperidine rings is 1. The number of carbonyl (C=O) groups excluding carboxylic acids is 1. The largest absolute Gasteiger partial charge is 0.412 e. The fraction of sp³-hybridized carbons (Fsp3) is 0.471. The van der Waals surface area contributed by atoms with Crippen LogP contribution in [0.5, 0.6) is 0 Å². The van der Waals surface area contributed by atoms with Crippen LogP contribution in [0.3, 0.4) is 0 Å². The lowest BCUT2D eigenvalue weighted by Gasteiger charge is -2.25. The molecule has 0 bridgehead atoms. The number of carbonyl (C=O) groups is 1. The molecule has 1 N–H and O–H groups in total. The Balaban J connectivity index is 1.75. The van der Waals surface area contributed by atoms with E-state index in [1.54, 1.807) is 12.1 Å². The maximum absolute atomic E-state index is 12.7. The van der Waals surface area contributed by atoms with Crippen molar-refractivity contribution in [3.8, 4) is 11.5 Å². The van der Waals surface area contributed by atoms with Crippen LogP contribution in [0.25, 0.3) is 11.5 Å². The van der Waals surface area contributed by atoms with E-state index >= 15 is 0 Å². The molecular formula is C17H22N4O4S. The number of hydrogen-bond donors (Lipinski definition) is 1. The molecule has 9 heteroatoms. The van der Waals surface area contributed by atoms with Gasteiger partial charge in [0.15, 0.2) is 0 Å². The van der Waals surface area contributed by atoms with Crippen molar-refractivity contribution in [3.05, 3.63) is 30.2 Å². The van der Waals surface area contributed by atoms with Crippen LogP contribution in [0.4, 0.5) is 0 Å². The van der Waals surface area contributed by atoms with E-state index in [1.165, 1.54) is 16.4 Å². The molecule has 140 valence electrons. The third kappa shape index (κ3) is 3.94. The second kappa shape index (κ2) is 7.96. The summed E-state index contributed by atoms with van der Waals surface area (Å²) < 4.78 is 32.2. The van der Waals surface area contributed by atoms with Gasteiger partial charge in [-0.25, -0.2) is 8.42 Å². The summed E-state index contributed by atoms with van der Waals surface area (Å²) in [5.74, 6) is -0.359. The van der Waals surface area contributed by atoms with Crippen molar-refractivity contribution in [1.29, 1.82) is 0 Å². The van der Waals surface area contributed by atoms with Gasteiger partial charge in [-0.2, -0.15) is 4.31 Å². The van der Waals surface area contributed by atoms with Gasteiger partial charge in [0, 0.05) is 25.2 Å². The van der Waals surface area contributed by atoms with Crippen LogP contribution >= 0.6 is 0 Å². The van der Waals surface area contributed by atoms with Crippen LogP contribution in [0.2, 0.25) is 0 Å². The number of aromatic nitrogens is 2. The van der Waals surface area contributed by atoms with Gasteiger partial charge in [0.2, 0.25) is 15.9 Å². The number of rotatable bonds is 6. The van der Waals surface area contributed by atoms with Gasteiger partial charge < -0.3 is 9.73 Å². The van der Waals surface area contributed by atoms with Gasteiger partial charge in [-0.15, -0.1) is 10.2 Å². The van der Waals surface area contributed by atoms with Crippen LogP contribution in [0, 0.1) is 0 Å². The van der Waals surface area contributed by atoms with Crippen molar-refractivity contribution >= 4 is 15.9 Å². The molecule has 1 aromatic carbocycles. The second-order valence-corrected chi connectivity index (χ2v) is 8.10. The number of amides is 1. The number of hydrogen-bond acceptors (Lipinski definition) is 6. The van der Waals surface area contributed by atoms with E-state index < -0.39 is 15.9 Å². The van der Waals surface area contributed by atoms with Crippen molar-refractivity contribution in [1.82, 2.24) is 19.8 Å². The van der Waals surface area contributed by atoms with Crippen LogP contribution in [-0.2, 0) is 10.0 Å². The molecule has 1 saturated heterocycles. The third-order valence-corrected chi connectivity index (χ3v) is 6.12. The summed E-state index contributed by atoms with van der Waals surface area (Å²) >= 11 is 0. The summed E-state index contributed by atoms with van der Waals surface area (Å²) in [4.78, 5) is 12.1. The summed E-state index contributed by atoms with van der Waals surface area (Å²) in [6.45, 7) is 3.59. The molecule has 1 aliphatic heterocycles. The molecule has 0 aliphatic carbocycles. The normalized spacial score (nSPS) is 15.7. The molecule has 0 unspecified atom stereocenters. The van der Waals surface area contributed by atoms with Gasteiger partial charge in [0.25, 0.3) is 0 Å². The molecule has 8 nitrogen and oxygen atoms in total. The highest BCUT2D eigenvalue weighted by atomic mass is 32.2. The van der Waals surface area contributed by atoms with Gasteiger partial charge in [-0.3, -0.25) is 4.79 Å². The van der Waals surface area contributed by atoms with Crippen LogP contribution < -0.4 is 5.32 Å². The quantitative estimate of drug-likeness (QED) is 0.825. The number of nitrogens with one attached hydrogen (secondary N) is 1. The lowest BCUT2D eigenvalue weighted by molar-refractivity contribution is 0.0919. The summed E-state index contributed by atoms with van der Waals surface area (Å²) in [5.41, 5.74) is 0.560. The minimum Gasteiger partial charge on any atom is -0.412 e. The van der Waals surface area contributed by atoms with E-state index in [2.05, 4.69) is 15.5 Å². The van der Waals surface area contributed by atoms with Gasteiger partial charge in [-0.1, -0.05) is 13.3 Å². The highest BCUT2D eigenvalue weighted by Gasteiger charge is 2.26. The minimum absolute atomic E-state index is 0.113. The van der Waals surface area contributed by atoms with Crippen molar-refractivity contribution in [3.63, 3.8) is 0 Å². The molecule has 1 amide bonds. The summed E-state index contributed by atoms with van der Waals surface area (Å²) in [6, 6.07) is 6.27. The molecule has 26 heavy (non-hydrogen) atoms. The van der Waals surface area contributed by atoms with Gasteiger partial charge in [-0.05, 0) is 43.5 Å². The standard InChI is InChI=1S/C17H22N4O4S/c1-2-10-18-15(22)17-20-19-16(25-17)13-6-8-14(9-7-13)26(23,24)21-11-4-3-5-12-21/h6-9H,2-5,10-12H2,1H3,(H,18,22). The smallest absolute Gasteiger partial charge is 0.308 e. The minimum atomic E-state index is -3.48. The second-order valence-electron chi connectivity index (χ2n) is 6.16. The first-order valence-corrected chi connectivity index (χ1v) is 10.2. The molecular weight excluding hydrogens is 356 g/mol. The zero-order chi connectivity index (χ0) is 18.6. The van der Waals surface area contributed by atoms with Crippen molar-refractivity contribution in [2.24, 2.45) is 0 Å². The maximum Gasteiger partial charge on any atom is 0.308 e. The molecule has 1 fully saturated rings. The van der Waals surface area contributed by atoms with Crippen molar-refractivity contribution in [2.75, 3.05) is 19.6 Å². The molecule has 0 spiro atoms. The highest BCUT2D eigenvalue weighted by Crippen LogP contribution is 2.24. The first kappa shape index (κ1) is 18.5. The molecule has 0 atom stereocenters. The Morgan fingerprint density at radius 1 is 1.15 bits per heavy atom. The monoisotopic (exact) mass is 378 g/mol. The molecule has 3 rings (SSSR count). The van der Waals surface area contributed by atoms with Gasteiger partial charge >= 0.3 is 11.8 Å². The summed E-state index contributed by atoms with van der Waals surface area (Å²) in [6.07, 6.45) is 3.65. The summed E-state index contributed by atoms with van der Waals surface area (Å²) in [5, 5.41) is 10.3. The van der Waals surface area contributed by atoms with Crippen LogP contribution in [0.15, 0.2) is 33.6 Å². The first-order chi connectivity index (χ1) is 12.5. The van der Waals surface area contributed by atoms with Crippen molar-refractivity contribution < 1.29 is 17.6 Å². The molecule has 2 heterocycles. The number of sulfonamides is 1. The highest BCUT2D eigenvalue weighted by molar-refractivity contribution is 7.89. The Bertz CT molecular complexity index is 855. The Kier molecular flexibility index (Phi) is 5.67. The van der Waals surface area contributed by atoms with E-state index in [-0.39, 0.29) is 16.7 Å². The lowest BCUT2D eigenvalue weighted by Crippen LogP contribution is -2.35. The van der Waals surface area contributed by atoms with Crippen LogP contribution in [0.1, 0.15) is 43.3 Å². The Labute approximate surface area is 152 Å². The SMILES string of the molecule is CCCNC(=O)c1nnc(-c2ccc(S(=O)(=O)N3CCCCC3)cc2)o1. The average Bonchev–Trinajstić information content (AvgIpc) is 3.17. The van der Waals surface area contributed by atoms with Gasteiger partial charge in [0.1, 0.15) is 0 Å². The van der Waals surface area contributed by atoms with E-state index in [4.69, 9.17) is 4.42 Å². The Hall–Kier alpha value is -2.26. The Morgan fingerprint density at radius 2 is 1.85 bits per heavy atom. The maximum atomic E-state index is 12.7. The lowest BCUT2D eigenvalue weighted by atomic mass is 10.2. The zero-order valence-electron chi connectivity index (χ0n) is 14.6. The third-order valence-electron chi connectivity index (χ3n) is 4.21. The number of nitrogens with zero attached hydrogens (tertiary/aromatic N) is 3. The van der Waals surface area contributed by atoms with E-state index in [9.17, 15) is 13.2 Å². The average molecular weight is 378 g/mol. The summed E-state index contributed by atoms with van der Waals surface area (Å²) in [7, 11) is -3.48. The fourth-order valence-electron chi connectivity index (χ4n) is 2.77. The molecule has 1 aliphatic rings. The topological polar surface area (TPSA) is 105 Å². The van der Waals surface area contributed by atoms with Crippen molar-refractivity contribution in [2.45, 2.75) is 37.5 Å². The van der Waals surface area contributed by atoms with E-state index in [1.807, 2.05) is 6.92 Å². The van der Waals surface area contributed by atoms with Gasteiger partial charge in [0.05, 0.1) is 4.90 Å². The van der Waals surface area contributed by atoms with Crippen LogP contribution in [-0.4, -0.2) is 48.5 Å². The zero-order valence-corrected chi connectivity index (χ0v) is 15.5. The predicted octanol–water partition coefficient (Wildman–Crippen LogP) is 2.05.